The predicted octanol–water partition coefficient (Wildman–Crippen LogP) is 4.58. The summed E-state index contributed by atoms with van der Waals surface area (Å²) in [6.07, 6.45) is 0. The van der Waals surface area contributed by atoms with Gasteiger partial charge in [-0.2, -0.15) is 21.6 Å². The van der Waals surface area contributed by atoms with Crippen molar-refractivity contribution in [2.75, 3.05) is 0 Å². The van der Waals surface area contributed by atoms with Crippen LogP contribution in [0.25, 0.3) is 21.9 Å². The molecule has 0 atom stereocenters. The Morgan fingerprint density at radius 1 is 1.09 bits per heavy atom. The number of benzene rings is 2. The van der Waals surface area contributed by atoms with Crippen molar-refractivity contribution in [3.05, 3.63) is 40.9 Å². The second-order valence-corrected chi connectivity index (χ2v) is 6.81. The van der Waals surface area contributed by atoms with Gasteiger partial charge in [-0.1, -0.05) is 22.0 Å². The Hall–Kier alpha value is -1.74. The third kappa shape index (κ3) is 2.44. The summed E-state index contributed by atoms with van der Waals surface area (Å²) in [5.74, 6) is -0.438. The predicted molar refractivity (Wildman–Crippen MR) is 77.0 cm³/mol. The first-order chi connectivity index (χ1) is 10.2. The molecule has 0 aliphatic heterocycles. The average molecular weight is 395 g/mol. The molecule has 0 saturated carbocycles. The highest BCUT2D eigenvalue weighted by Crippen LogP contribution is 2.38. The van der Waals surface area contributed by atoms with Gasteiger partial charge in [0.25, 0.3) is 0 Å². The Kier molecular flexibility index (Phi) is 3.37. The molecule has 1 aromatic heterocycles. The van der Waals surface area contributed by atoms with Crippen LogP contribution in [0.1, 0.15) is 0 Å². The Bertz CT molecular complexity index is 976. The molecule has 0 amide bonds. The molecule has 0 radical (unpaired) electrons. The fraction of sp³-hybridized carbons (Fsp3) is 0.0769. The van der Waals surface area contributed by atoms with Gasteiger partial charge in [-0.3, -0.25) is 0 Å². The zero-order valence-electron chi connectivity index (χ0n) is 10.5. The van der Waals surface area contributed by atoms with Crippen LogP contribution in [-0.2, 0) is 10.1 Å². The largest absolute Gasteiger partial charge is 0.534 e. The summed E-state index contributed by atoms with van der Waals surface area (Å²) in [5, 5.41) is 0.601. The van der Waals surface area contributed by atoms with Crippen LogP contribution < -0.4 is 4.18 Å². The molecule has 9 heteroatoms. The van der Waals surface area contributed by atoms with Crippen LogP contribution in [0.2, 0.25) is 0 Å². The second-order valence-electron chi connectivity index (χ2n) is 4.36. The smallest absolute Gasteiger partial charge is 0.456 e. The maximum absolute atomic E-state index is 12.5. The third-order valence-corrected chi connectivity index (χ3v) is 4.36. The fourth-order valence-corrected chi connectivity index (χ4v) is 2.83. The summed E-state index contributed by atoms with van der Waals surface area (Å²) in [6.45, 7) is 0. The first kappa shape index (κ1) is 15.2. The molecule has 4 nitrogen and oxygen atoms in total. The zero-order valence-corrected chi connectivity index (χ0v) is 12.9. The minimum Gasteiger partial charge on any atom is -0.456 e. The molecule has 3 aromatic rings. The van der Waals surface area contributed by atoms with Gasteiger partial charge in [0, 0.05) is 9.86 Å². The van der Waals surface area contributed by atoms with E-state index in [1.807, 2.05) is 0 Å². The van der Waals surface area contributed by atoms with Gasteiger partial charge in [-0.25, -0.2) is 0 Å². The molecule has 3 rings (SSSR count). The van der Waals surface area contributed by atoms with Gasteiger partial charge in [0.2, 0.25) is 0 Å². The maximum Gasteiger partial charge on any atom is 0.534 e. The molecule has 0 spiro atoms. The van der Waals surface area contributed by atoms with E-state index in [2.05, 4.69) is 20.1 Å². The molecule has 1 heterocycles. The average Bonchev–Trinajstić information content (AvgIpc) is 2.75. The number of halogens is 4. The van der Waals surface area contributed by atoms with Crippen molar-refractivity contribution < 1.29 is 30.2 Å². The van der Waals surface area contributed by atoms with Crippen molar-refractivity contribution in [1.29, 1.82) is 0 Å². The van der Waals surface area contributed by atoms with Crippen LogP contribution in [0.15, 0.2) is 45.3 Å². The van der Waals surface area contributed by atoms with Crippen LogP contribution in [-0.4, -0.2) is 13.9 Å². The highest BCUT2D eigenvalue weighted by atomic mass is 79.9. The van der Waals surface area contributed by atoms with Crippen LogP contribution in [0.3, 0.4) is 0 Å². The standard InChI is InChI=1S/C13H6BrF3O4S/c14-7-4-5-9-8(6-7)12-10(20-9)2-1-3-11(12)21-22(18,19)13(15,16)17/h1-6H. The molecule has 0 aliphatic rings. The quantitative estimate of drug-likeness (QED) is 0.471. The van der Waals surface area contributed by atoms with E-state index in [1.165, 1.54) is 12.1 Å². The topological polar surface area (TPSA) is 56.5 Å². The summed E-state index contributed by atoms with van der Waals surface area (Å²) in [6, 6.07) is 8.91. The number of alkyl halides is 3. The molecule has 0 unspecified atom stereocenters. The number of rotatable bonds is 2. The van der Waals surface area contributed by atoms with Crippen LogP contribution in [0.5, 0.6) is 5.75 Å². The minimum absolute atomic E-state index is 0.159. The van der Waals surface area contributed by atoms with Crippen LogP contribution in [0.4, 0.5) is 13.2 Å². The fourth-order valence-electron chi connectivity index (χ4n) is 2.00. The molecule has 116 valence electrons. The molecule has 2 aromatic carbocycles. The van der Waals surface area contributed by atoms with E-state index >= 15 is 0 Å². The van der Waals surface area contributed by atoms with Gasteiger partial charge in [0.1, 0.15) is 11.2 Å². The molecule has 0 saturated heterocycles. The lowest BCUT2D eigenvalue weighted by Crippen LogP contribution is -2.28. The molecular weight excluding hydrogens is 389 g/mol. The van der Waals surface area contributed by atoms with Gasteiger partial charge in [-0.15, -0.1) is 0 Å². The van der Waals surface area contributed by atoms with E-state index in [9.17, 15) is 21.6 Å². The van der Waals surface area contributed by atoms with Gasteiger partial charge in [0.15, 0.2) is 5.75 Å². The van der Waals surface area contributed by atoms with Gasteiger partial charge in [-0.05, 0) is 30.3 Å². The Labute approximate surface area is 130 Å². The monoisotopic (exact) mass is 394 g/mol. The van der Waals surface area contributed by atoms with Crippen LogP contribution in [0, 0.1) is 0 Å². The van der Waals surface area contributed by atoms with Gasteiger partial charge < -0.3 is 8.60 Å². The summed E-state index contributed by atoms with van der Waals surface area (Å²) < 4.78 is 70.2. The number of hydrogen-bond acceptors (Lipinski definition) is 4. The Morgan fingerprint density at radius 2 is 1.82 bits per heavy atom. The third-order valence-electron chi connectivity index (χ3n) is 2.90. The Balaban J connectivity index is 2.27. The van der Waals surface area contributed by atoms with Crippen molar-refractivity contribution in [1.82, 2.24) is 0 Å². The van der Waals surface area contributed by atoms with Gasteiger partial charge in [0.05, 0.1) is 5.39 Å². The lowest BCUT2D eigenvalue weighted by molar-refractivity contribution is -0.0499. The van der Waals surface area contributed by atoms with Crippen LogP contribution >= 0.6 is 15.9 Å². The van der Waals surface area contributed by atoms with E-state index in [0.717, 1.165) is 6.07 Å². The highest BCUT2D eigenvalue weighted by Gasteiger charge is 2.48. The number of fused-ring (bicyclic) bond motifs is 3. The van der Waals surface area contributed by atoms with Crippen molar-refractivity contribution >= 4 is 48.0 Å². The highest BCUT2D eigenvalue weighted by molar-refractivity contribution is 9.10. The maximum atomic E-state index is 12.5. The van der Waals surface area contributed by atoms with E-state index in [4.69, 9.17) is 4.42 Å². The molecule has 22 heavy (non-hydrogen) atoms. The van der Waals surface area contributed by atoms with Crippen molar-refractivity contribution in [2.24, 2.45) is 0 Å². The van der Waals surface area contributed by atoms with Crippen molar-refractivity contribution in [3.63, 3.8) is 0 Å². The van der Waals surface area contributed by atoms with Crippen molar-refractivity contribution in [2.45, 2.75) is 5.51 Å². The normalized spacial score (nSPS) is 12.9. The lowest BCUT2D eigenvalue weighted by Gasteiger charge is -2.10. The molecule has 0 aliphatic carbocycles. The molecule has 0 fully saturated rings. The summed E-state index contributed by atoms with van der Waals surface area (Å²) >= 11 is 3.24. The first-order valence-electron chi connectivity index (χ1n) is 5.80. The van der Waals surface area contributed by atoms with Gasteiger partial charge >= 0.3 is 15.6 Å². The summed E-state index contributed by atoms with van der Waals surface area (Å²) in [7, 11) is -5.75. The van der Waals surface area contributed by atoms with E-state index in [1.54, 1.807) is 18.2 Å². The van der Waals surface area contributed by atoms with E-state index in [-0.39, 0.29) is 11.0 Å². The number of hydrogen-bond donors (Lipinski definition) is 0. The molecule has 0 N–H and O–H groups in total. The minimum atomic E-state index is -5.75. The summed E-state index contributed by atoms with van der Waals surface area (Å²) in [4.78, 5) is 0. The van der Waals surface area contributed by atoms with E-state index in [0.29, 0.717) is 15.4 Å². The Morgan fingerprint density at radius 3 is 2.50 bits per heavy atom. The molecular formula is C13H6BrF3O4S. The first-order valence-corrected chi connectivity index (χ1v) is 8.01. The number of furan rings is 1. The second kappa shape index (κ2) is 4.88. The SMILES string of the molecule is O=S(=O)(Oc1cccc2oc3ccc(Br)cc3c12)C(F)(F)F. The van der Waals surface area contributed by atoms with Crippen molar-refractivity contribution in [3.8, 4) is 5.75 Å². The zero-order chi connectivity index (χ0) is 16.1. The van der Waals surface area contributed by atoms with E-state index < -0.39 is 21.4 Å². The summed E-state index contributed by atoms with van der Waals surface area (Å²) in [5.41, 5.74) is -4.88. The molecule has 0 bridgehead atoms. The lowest BCUT2D eigenvalue weighted by atomic mass is 10.1.